The first-order valence-corrected chi connectivity index (χ1v) is 8.14. The molecule has 0 spiro atoms. The molecule has 108 valence electrons. The Bertz CT molecular complexity index is 517. The third-order valence-electron chi connectivity index (χ3n) is 4.93. The second-order valence-corrected chi connectivity index (χ2v) is 6.35. The summed E-state index contributed by atoms with van der Waals surface area (Å²) in [7, 11) is 0. The van der Waals surface area contributed by atoms with Crippen molar-refractivity contribution in [2.45, 2.75) is 70.0 Å². The third kappa shape index (κ3) is 2.01. The summed E-state index contributed by atoms with van der Waals surface area (Å²) in [6, 6.07) is 0. The van der Waals surface area contributed by atoms with Crippen LogP contribution in [0, 0.1) is 0 Å². The van der Waals surface area contributed by atoms with Gasteiger partial charge in [0.1, 0.15) is 11.6 Å². The number of aromatic nitrogens is 2. The van der Waals surface area contributed by atoms with Crippen LogP contribution in [0.3, 0.4) is 0 Å². The molecule has 0 saturated carbocycles. The molecule has 2 saturated heterocycles. The number of hydrogen-bond acceptors (Lipinski definition) is 4. The van der Waals surface area contributed by atoms with Crippen LogP contribution in [0.25, 0.3) is 0 Å². The monoisotopic (exact) mass is 273 g/mol. The van der Waals surface area contributed by atoms with Gasteiger partial charge in [0.05, 0.1) is 12.2 Å². The average molecular weight is 273 g/mol. The van der Waals surface area contributed by atoms with Crippen molar-refractivity contribution < 1.29 is 4.74 Å². The minimum Gasteiger partial charge on any atom is -0.374 e. The van der Waals surface area contributed by atoms with Crippen LogP contribution in [-0.2, 0) is 17.6 Å². The van der Waals surface area contributed by atoms with Crippen LogP contribution in [0.5, 0.6) is 0 Å². The predicted octanol–water partition coefficient (Wildman–Crippen LogP) is 2.82. The number of aryl methyl sites for hydroxylation is 1. The number of fused-ring (bicyclic) bond motifs is 3. The lowest BCUT2D eigenvalue weighted by atomic mass is 9.88. The molecule has 4 nitrogen and oxygen atoms in total. The van der Waals surface area contributed by atoms with E-state index in [0.717, 1.165) is 43.9 Å². The SMILES string of the molecule is CCCNc1nc(C2CC3CCC2O3)nc2c1CCC2. The Kier molecular flexibility index (Phi) is 3.14. The lowest BCUT2D eigenvalue weighted by Gasteiger charge is -2.19. The van der Waals surface area contributed by atoms with Gasteiger partial charge >= 0.3 is 0 Å². The van der Waals surface area contributed by atoms with E-state index < -0.39 is 0 Å². The molecule has 3 heterocycles. The van der Waals surface area contributed by atoms with Gasteiger partial charge in [0.15, 0.2) is 0 Å². The molecule has 1 aromatic rings. The van der Waals surface area contributed by atoms with Gasteiger partial charge in [0.25, 0.3) is 0 Å². The Morgan fingerprint density at radius 2 is 2.20 bits per heavy atom. The van der Waals surface area contributed by atoms with Crippen LogP contribution in [0.4, 0.5) is 5.82 Å². The van der Waals surface area contributed by atoms with E-state index in [1.807, 2.05) is 0 Å². The minimum atomic E-state index is 0.374. The summed E-state index contributed by atoms with van der Waals surface area (Å²) in [5, 5.41) is 3.51. The summed E-state index contributed by atoms with van der Waals surface area (Å²) < 4.78 is 5.98. The van der Waals surface area contributed by atoms with Crippen molar-refractivity contribution in [2.24, 2.45) is 0 Å². The van der Waals surface area contributed by atoms with E-state index in [9.17, 15) is 0 Å². The van der Waals surface area contributed by atoms with E-state index in [2.05, 4.69) is 12.2 Å². The van der Waals surface area contributed by atoms with Crippen molar-refractivity contribution in [1.29, 1.82) is 0 Å². The third-order valence-corrected chi connectivity index (χ3v) is 4.93. The molecule has 3 atom stereocenters. The number of anilines is 1. The van der Waals surface area contributed by atoms with E-state index in [4.69, 9.17) is 14.7 Å². The van der Waals surface area contributed by atoms with Gasteiger partial charge in [-0.3, -0.25) is 0 Å². The van der Waals surface area contributed by atoms with Crippen LogP contribution in [-0.4, -0.2) is 28.7 Å². The quantitative estimate of drug-likeness (QED) is 0.916. The van der Waals surface area contributed by atoms with E-state index in [1.165, 1.54) is 30.5 Å². The Hall–Kier alpha value is -1.16. The summed E-state index contributed by atoms with van der Waals surface area (Å²) in [6.45, 7) is 3.19. The second-order valence-electron chi connectivity index (χ2n) is 6.35. The molecule has 4 rings (SSSR count). The van der Waals surface area contributed by atoms with Crippen molar-refractivity contribution in [2.75, 3.05) is 11.9 Å². The smallest absolute Gasteiger partial charge is 0.136 e. The van der Waals surface area contributed by atoms with Crippen LogP contribution >= 0.6 is 0 Å². The molecule has 20 heavy (non-hydrogen) atoms. The van der Waals surface area contributed by atoms with E-state index in [0.29, 0.717) is 18.1 Å². The maximum absolute atomic E-state index is 5.98. The molecule has 1 N–H and O–H groups in total. The lowest BCUT2D eigenvalue weighted by Crippen LogP contribution is -2.19. The Morgan fingerprint density at radius 1 is 1.25 bits per heavy atom. The summed E-state index contributed by atoms with van der Waals surface area (Å²) in [5.74, 6) is 2.57. The summed E-state index contributed by atoms with van der Waals surface area (Å²) in [4.78, 5) is 9.77. The first-order valence-electron chi connectivity index (χ1n) is 8.14. The molecule has 0 radical (unpaired) electrons. The Labute approximate surface area is 120 Å². The molecule has 2 aliphatic heterocycles. The summed E-state index contributed by atoms with van der Waals surface area (Å²) in [5.41, 5.74) is 2.66. The zero-order valence-electron chi connectivity index (χ0n) is 12.2. The van der Waals surface area contributed by atoms with Gasteiger partial charge in [-0.15, -0.1) is 0 Å². The molecule has 0 aromatic carbocycles. The van der Waals surface area contributed by atoms with Crippen molar-refractivity contribution in [3.63, 3.8) is 0 Å². The largest absolute Gasteiger partial charge is 0.374 e. The maximum atomic E-state index is 5.98. The van der Waals surface area contributed by atoms with Gasteiger partial charge in [-0.25, -0.2) is 9.97 Å². The molecule has 2 fully saturated rings. The highest BCUT2D eigenvalue weighted by atomic mass is 16.5. The normalized spacial score (nSPS) is 30.8. The molecule has 1 aromatic heterocycles. The van der Waals surface area contributed by atoms with Crippen LogP contribution in [0.15, 0.2) is 0 Å². The predicted molar refractivity (Wildman–Crippen MR) is 78.1 cm³/mol. The molecular formula is C16H23N3O. The second kappa shape index (κ2) is 4.99. The molecule has 2 bridgehead atoms. The number of hydrogen-bond donors (Lipinski definition) is 1. The summed E-state index contributed by atoms with van der Waals surface area (Å²) in [6.07, 6.45) is 8.99. The fourth-order valence-electron chi connectivity index (χ4n) is 3.92. The van der Waals surface area contributed by atoms with Crippen LogP contribution < -0.4 is 5.32 Å². The zero-order chi connectivity index (χ0) is 13.5. The first kappa shape index (κ1) is 12.6. The van der Waals surface area contributed by atoms with Crippen LogP contribution in [0.1, 0.15) is 62.0 Å². The Morgan fingerprint density at radius 3 is 2.95 bits per heavy atom. The van der Waals surface area contributed by atoms with Crippen molar-refractivity contribution in [1.82, 2.24) is 9.97 Å². The highest BCUT2D eigenvalue weighted by Gasteiger charge is 2.43. The van der Waals surface area contributed by atoms with Gasteiger partial charge in [-0.05, 0) is 44.9 Å². The zero-order valence-corrected chi connectivity index (χ0v) is 12.2. The molecule has 0 amide bonds. The average Bonchev–Trinajstić information content (AvgIpc) is 3.19. The van der Waals surface area contributed by atoms with Gasteiger partial charge in [0.2, 0.25) is 0 Å². The minimum absolute atomic E-state index is 0.374. The van der Waals surface area contributed by atoms with Crippen molar-refractivity contribution in [3.8, 4) is 0 Å². The standard InChI is InChI=1S/C16H23N3O/c1-2-8-17-15-11-4-3-5-13(11)18-16(19-15)12-9-10-6-7-14(12)20-10/h10,12,14H,2-9H2,1H3,(H,17,18,19). The number of nitrogens with one attached hydrogen (secondary N) is 1. The number of rotatable bonds is 4. The highest BCUT2D eigenvalue weighted by Crippen LogP contribution is 2.44. The van der Waals surface area contributed by atoms with Gasteiger partial charge in [0, 0.05) is 23.7 Å². The molecular weight excluding hydrogens is 250 g/mol. The molecule has 1 aliphatic carbocycles. The van der Waals surface area contributed by atoms with Gasteiger partial charge in [-0.1, -0.05) is 6.92 Å². The maximum Gasteiger partial charge on any atom is 0.136 e. The first-order chi connectivity index (χ1) is 9.85. The van der Waals surface area contributed by atoms with Crippen LogP contribution in [0.2, 0.25) is 0 Å². The number of ether oxygens (including phenoxy) is 1. The van der Waals surface area contributed by atoms with Gasteiger partial charge in [-0.2, -0.15) is 0 Å². The Balaban J connectivity index is 1.66. The topological polar surface area (TPSA) is 47.0 Å². The fraction of sp³-hybridized carbons (Fsp3) is 0.750. The summed E-state index contributed by atoms with van der Waals surface area (Å²) >= 11 is 0. The molecule has 4 heteroatoms. The van der Waals surface area contributed by atoms with Gasteiger partial charge < -0.3 is 10.1 Å². The van der Waals surface area contributed by atoms with Crippen molar-refractivity contribution >= 4 is 5.82 Å². The molecule has 3 aliphatic rings. The molecule has 3 unspecified atom stereocenters. The number of nitrogens with zero attached hydrogens (tertiary/aromatic N) is 2. The fourth-order valence-corrected chi connectivity index (χ4v) is 3.92. The van der Waals surface area contributed by atoms with E-state index in [-0.39, 0.29) is 0 Å². The van der Waals surface area contributed by atoms with E-state index in [1.54, 1.807) is 0 Å². The highest BCUT2D eigenvalue weighted by molar-refractivity contribution is 5.49. The van der Waals surface area contributed by atoms with Crippen molar-refractivity contribution in [3.05, 3.63) is 17.1 Å². The lowest BCUT2D eigenvalue weighted by molar-refractivity contribution is 0.0998. The van der Waals surface area contributed by atoms with E-state index >= 15 is 0 Å².